The molecule has 1 aliphatic rings. The Kier molecular flexibility index (Phi) is 3.51. The van der Waals surface area contributed by atoms with Crippen LogP contribution in [0.4, 0.5) is 0 Å². The van der Waals surface area contributed by atoms with Gasteiger partial charge in [0.15, 0.2) is 0 Å². The van der Waals surface area contributed by atoms with Crippen LogP contribution in [-0.2, 0) is 11.3 Å². The van der Waals surface area contributed by atoms with Crippen LogP contribution in [0.15, 0.2) is 24.5 Å². The van der Waals surface area contributed by atoms with E-state index in [1.165, 1.54) is 0 Å². The van der Waals surface area contributed by atoms with Crippen LogP contribution in [0.2, 0.25) is 0 Å². The number of nitrogens with zero attached hydrogens (tertiary/aromatic N) is 2. The van der Waals surface area contributed by atoms with Crippen molar-refractivity contribution in [3.63, 3.8) is 0 Å². The molecular weight excluding hydrogens is 204 g/mol. The van der Waals surface area contributed by atoms with Gasteiger partial charge in [-0.2, -0.15) is 0 Å². The summed E-state index contributed by atoms with van der Waals surface area (Å²) in [4.78, 5) is 17.2. The fourth-order valence-corrected chi connectivity index (χ4v) is 2.19. The van der Waals surface area contributed by atoms with Crippen molar-refractivity contribution in [2.75, 3.05) is 6.54 Å². The van der Waals surface area contributed by atoms with Crippen molar-refractivity contribution in [2.24, 2.45) is 0 Å². The third-order valence-electron chi connectivity index (χ3n) is 3.01. The molecule has 1 saturated heterocycles. The highest BCUT2D eigenvalue weighted by atomic mass is 16.4. The van der Waals surface area contributed by atoms with Crippen molar-refractivity contribution in [1.82, 2.24) is 9.88 Å². The Balaban J connectivity index is 2.04. The van der Waals surface area contributed by atoms with E-state index in [-0.39, 0.29) is 6.04 Å². The number of pyridine rings is 1. The molecule has 1 atom stereocenters. The summed E-state index contributed by atoms with van der Waals surface area (Å²) in [7, 11) is 0. The minimum Gasteiger partial charge on any atom is -0.480 e. The van der Waals surface area contributed by atoms with Crippen LogP contribution in [-0.4, -0.2) is 33.5 Å². The molecule has 0 radical (unpaired) electrons. The lowest BCUT2D eigenvalue weighted by Crippen LogP contribution is -2.43. The summed E-state index contributed by atoms with van der Waals surface area (Å²) in [5.74, 6) is -0.705. The third kappa shape index (κ3) is 2.58. The normalized spacial score (nSPS) is 21.9. The Bertz CT molecular complexity index is 353. The number of carbonyl (C=O) groups is 1. The summed E-state index contributed by atoms with van der Waals surface area (Å²) in [6, 6.07) is 3.55. The van der Waals surface area contributed by atoms with Crippen molar-refractivity contribution in [3.8, 4) is 0 Å². The van der Waals surface area contributed by atoms with Gasteiger partial charge in [0.1, 0.15) is 6.04 Å². The molecule has 0 spiro atoms. The van der Waals surface area contributed by atoms with Crippen molar-refractivity contribution in [1.29, 1.82) is 0 Å². The minimum atomic E-state index is -0.705. The van der Waals surface area contributed by atoms with Gasteiger partial charge in [-0.05, 0) is 31.0 Å². The Morgan fingerprint density at radius 3 is 3.12 bits per heavy atom. The summed E-state index contributed by atoms with van der Waals surface area (Å²) < 4.78 is 0. The molecule has 0 bridgehead atoms. The van der Waals surface area contributed by atoms with E-state index in [9.17, 15) is 4.79 Å². The molecule has 0 saturated carbocycles. The van der Waals surface area contributed by atoms with Crippen LogP contribution in [0.5, 0.6) is 0 Å². The molecule has 2 rings (SSSR count). The zero-order chi connectivity index (χ0) is 11.4. The molecule has 1 aliphatic heterocycles. The molecule has 0 unspecified atom stereocenters. The molecule has 1 fully saturated rings. The van der Waals surface area contributed by atoms with Crippen LogP contribution >= 0.6 is 0 Å². The topological polar surface area (TPSA) is 53.4 Å². The van der Waals surface area contributed by atoms with Gasteiger partial charge in [-0.3, -0.25) is 14.7 Å². The van der Waals surface area contributed by atoms with E-state index in [2.05, 4.69) is 4.98 Å². The van der Waals surface area contributed by atoms with E-state index in [0.717, 1.165) is 31.4 Å². The fourth-order valence-electron chi connectivity index (χ4n) is 2.19. The Morgan fingerprint density at radius 2 is 2.44 bits per heavy atom. The molecular formula is C12H16N2O2. The van der Waals surface area contributed by atoms with Gasteiger partial charge in [-0.15, -0.1) is 0 Å². The number of hydrogen-bond donors (Lipinski definition) is 1. The average Bonchev–Trinajstić information content (AvgIpc) is 2.31. The first-order valence-electron chi connectivity index (χ1n) is 5.63. The maximum Gasteiger partial charge on any atom is 0.320 e. The Labute approximate surface area is 94.9 Å². The van der Waals surface area contributed by atoms with Gasteiger partial charge < -0.3 is 5.11 Å². The van der Waals surface area contributed by atoms with Crippen molar-refractivity contribution < 1.29 is 9.90 Å². The molecule has 0 amide bonds. The zero-order valence-corrected chi connectivity index (χ0v) is 9.17. The Hall–Kier alpha value is -1.42. The second kappa shape index (κ2) is 5.07. The number of hydrogen-bond acceptors (Lipinski definition) is 3. The van der Waals surface area contributed by atoms with Gasteiger partial charge >= 0.3 is 5.97 Å². The van der Waals surface area contributed by atoms with Crippen LogP contribution < -0.4 is 0 Å². The highest BCUT2D eigenvalue weighted by Gasteiger charge is 2.28. The molecule has 1 N–H and O–H groups in total. The van der Waals surface area contributed by atoms with E-state index in [1.807, 2.05) is 17.0 Å². The molecule has 16 heavy (non-hydrogen) atoms. The van der Waals surface area contributed by atoms with Gasteiger partial charge in [-0.25, -0.2) is 0 Å². The van der Waals surface area contributed by atoms with Crippen LogP contribution in [0.1, 0.15) is 24.8 Å². The van der Waals surface area contributed by atoms with Crippen LogP contribution in [0.25, 0.3) is 0 Å². The molecule has 0 aliphatic carbocycles. The van der Waals surface area contributed by atoms with E-state index in [0.29, 0.717) is 6.54 Å². The van der Waals surface area contributed by atoms with E-state index < -0.39 is 5.97 Å². The molecule has 86 valence electrons. The number of piperidine rings is 1. The highest BCUT2D eigenvalue weighted by molar-refractivity contribution is 5.73. The highest BCUT2D eigenvalue weighted by Crippen LogP contribution is 2.19. The first-order chi connectivity index (χ1) is 7.77. The summed E-state index contributed by atoms with van der Waals surface area (Å²) in [6.45, 7) is 1.55. The van der Waals surface area contributed by atoms with Gasteiger partial charge in [-0.1, -0.05) is 12.5 Å². The van der Waals surface area contributed by atoms with Crippen molar-refractivity contribution >= 4 is 5.97 Å². The quantitative estimate of drug-likeness (QED) is 0.839. The largest absolute Gasteiger partial charge is 0.480 e. The number of rotatable bonds is 3. The molecule has 2 heterocycles. The standard InChI is InChI=1S/C12H16N2O2/c15-12(16)11-5-1-2-7-14(11)9-10-4-3-6-13-8-10/h3-4,6,8,11H,1-2,5,7,9H2,(H,15,16)/t11-/m1/s1. The number of carboxylic acids is 1. The molecule has 1 aromatic heterocycles. The summed E-state index contributed by atoms with van der Waals surface area (Å²) >= 11 is 0. The van der Waals surface area contributed by atoms with Gasteiger partial charge in [0, 0.05) is 18.9 Å². The average molecular weight is 220 g/mol. The summed E-state index contributed by atoms with van der Waals surface area (Å²) in [6.07, 6.45) is 6.39. The smallest absolute Gasteiger partial charge is 0.320 e. The van der Waals surface area contributed by atoms with E-state index >= 15 is 0 Å². The molecule has 0 aromatic carbocycles. The number of likely N-dealkylation sites (tertiary alicyclic amines) is 1. The summed E-state index contributed by atoms with van der Waals surface area (Å²) in [5, 5.41) is 9.13. The van der Waals surface area contributed by atoms with Gasteiger partial charge in [0.05, 0.1) is 0 Å². The minimum absolute atomic E-state index is 0.325. The van der Waals surface area contributed by atoms with Crippen LogP contribution in [0.3, 0.4) is 0 Å². The maximum absolute atomic E-state index is 11.1. The predicted molar refractivity (Wildman–Crippen MR) is 59.9 cm³/mol. The molecule has 1 aromatic rings. The summed E-state index contributed by atoms with van der Waals surface area (Å²) in [5.41, 5.74) is 1.08. The third-order valence-corrected chi connectivity index (χ3v) is 3.01. The lowest BCUT2D eigenvalue weighted by Gasteiger charge is -2.32. The number of carboxylic acid groups (broad SMARTS) is 1. The number of aromatic nitrogens is 1. The lowest BCUT2D eigenvalue weighted by molar-refractivity contribution is -0.144. The maximum atomic E-state index is 11.1. The second-order valence-electron chi connectivity index (χ2n) is 4.18. The first kappa shape index (κ1) is 11.1. The van der Waals surface area contributed by atoms with Crippen molar-refractivity contribution in [3.05, 3.63) is 30.1 Å². The SMILES string of the molecule is O=C(O)[C@H]1CCCCN1Cc1cccnc1. The first-order valence-corrected chi connectivity index (χ1v) is 5.63. The lowest BCUT2D eigenvalue weighted by atomic mass is 10.0. The van der Waals surface area contributed by atoms with Gasteiger partial charge in [0.2, 0.25) is 0 Å². The Morgan fingerprint density at radius 1 is 1.56 bits per heavy atom. The zero-order valence-electron chi connectivity index (χ0n) is 9.17. The molecule has 4 nitrogen and oxygen atoms in total. The molecule has 4 heteroatoms. The number of aliphatic carboxylic acids is 1. The van der Waals surface area contributed by atoms with E-state index in [1.54, 1.807) is 12.4 Å². The van der Waals surface area contributed by atoms with Crippen molar-refractivity contribution in [2.45, 2.75) is 31.8 Å². The second-order valence-corrected chi connectivity index (χ2v) is 4.18. The predicted octanol–water partition coefficient (Wildman–Crippen LogP) is 1.52. The van der Waals surface area contributed by atoms with E-state index in [4.69, 9.17) is 5.11 Å². The monoisotopic (exact) mass is 220 g/mol. The van der Waals surface area contributed by atoms with Gasteiger partial charge in [0.25, 0.3) is 0 Å². The fraction of sp³-hybridized carbons (Fsp3) is 0.500. The van der Waals surface area contributed by atoms with Crippen LogP contribution in [0, 0.1) is 0 Å².